The van der Waals surface area contributed by atoms with Crippen molar-refractivity contribution in [1.29, 1.82) is 0 Å². The summed E-state index contributed by atoms with van der Waals surface area (Å²) in [5.74, 6) is -0.898. The molecule has 128 valence electrons. The molecule has 1 amide bonds. The smallest absolute Gasteiger partial charge is 0.340 e. The van der Waals surface area contributed by atoms with Crippen LogP contribution >= 0.6 is 0 Å². The maximum Gasteiger partial charge on any atom is 0.418 e. The summed E-state index contributed by atoms with van der Waals surface area (Å²) in [5.41, 5.74) is 5.35. The lowest BCUT2D eigenvalue weighted by atomic mass is 10.0. The highest BCUT2D eigenvalue weighted by Crippen LogP contribution is 2.33. The Morgan fingerprint density at radius 3 is 2.75 bits per heavy atom. The number of nitrogens with two attached hydrogens (primary N) is 1. The Bertz CT molecular complexity index is 758. The van der Waals surface area contributed by atoms with E-state index in [0.717, 1.165) is 11.8 Å². The highest BCUT2D eigenvalue weighted by Gasteiger charge is 2.40. The molecule has 2 atom stereocenters. The van der Waals surface area contributed by atoms with E-state index in [1.807, 2.05) is 7.05 Å². The van der Waals surface area contributed by atoms with Crippen LogP contribution in [0.15, 0.2) is 31.0 Å². The van der Waals surface area contributed by atoms with Gasteiger partial charge in [0.15, 0.2) is 0 Å². The van der Waals surface area contributed by atoms with Crippen molar-refractivity contribution in [3.8, 4) is 0 Å². The monoisotopic (exact) mass is 339 g/mol. The summed E-state index contributed by atoms with van der Waals surface area (Å²) in [6.07, 6.45) is 0.624. The molecule has 1 saturated heterocycles. The SMILES string of the molecule is Cn1cnc([C@@H]2CN(C(=O)c3ccncc3C(F)(F)F)C[C@H]2N)c1. The highest BCUT2D eigenvalue weighted by atomic mass is 19.4. The van der Waals surface area contributed by atoms with Gasteiger partial charge in [0.25, 0.3) is 5.91 Å². The molecule has 0 aliphatic carbocycles. The molecule has 0 aromatic carbocycles. The molecule has 9 heteroatoms. The zero-order valence-corrected chi connectivity index (χ0v) is 12.9. The van der Waals surface area contributed by atoms with Crippen molar-refractivity contribution in [3.63, 3.8) is 0 Å². The number of hydrogen-bond donors (Lipinski definition) is 1. The Kier molecular flexibility index (Phi) is 4.04. The first-order valence-electron chi connectivity index (χ1n) is 7.31. The topological polar surface area (TPSA) is 77.0 Å². The molecule has 2 aromatic rings. The lowest BCUT2D eigenvalue weighted by Crippen LogP contribution is -2.33. The van der Waals surface area contributed by atoms with Crippen molar-refractivity contribution in [3.05, 3.63) is 47.8 Å². The predicted molar refractivity (Wildman–Crippen MR) is 79.1 cm³/mol. The van der Waals surface area contributed by atoms with Crippen LogP contribution in [0.2, 0.25) is 0 Å². The number of likely N-dealkylation sites (tertiary alicyclic amines) is 1. The number of alkyl halides is 3. The summed E-state index contributed by atoms with van der Waals surface area (Å²) >= 11 is 0. The quantitative estimate of drug-likeness (QED) is 0.897. The molecule has 1 aliphatic rings. The summed E-state index contributed by atoms with van der Waals surface area (Å²) < 4.78 is 41.0. The van der Waals surface area contributed by atoms with Crippen LogP contribution in [0.1, 0.15) is 27.5 Å². The van der Waals surface area contributed by atoms with Crippen LogP contribution in [0.5, 0.6) is 0 Å². The van der Waals surface area contributed by atoms with Gasteiger partial charge in [0.1, 0.15) is 0 Å². The summed E-state index contributed by atoms with van der Waals surface area (Å²) in [6, 6.07) is 0.713. The molecule has 1 fully saturated rings. The van der Waals surface area contributed by atoms with Gasteiger partial charge < -0.3 is 15.2 Å². The van der Waals surface area contributed by atoms with Gasteiger partial charge in [0.05, 0.1) is 23.1 Å². The third-order valence-electron chi connectivity index (χ3n) is 4.11. The molecule has 0 unspecified atom stereocenters. The van der Waals surface area contributed by atoms with Crippen LogP contribution in [-0.4, -0.2) is 44.5 Å². The third kappa shape index (κ3) is 2.99. The van der Waals surface area contributed by atoms with Gasteiger partial charge in [0.2, 0.25) is 0 Å². The number of pyridine rings is 1. The molecule has 0 radical (unpaired) electrons. The Hall–Kier alpha value is -2.42. The van der Waals surface area contributed by atoms with Gasteiger partial charge >= 0.3 is 6.18 Å². The Morgan fingerprint density at radius 2 is 2.12 bits per heavy atom. The standard InChI is InChI=1S/C15H16F3N5O/c1-22-7-13(21-8-22)10-5-23(6-12(10)19)14(24)9-2-3-20-4-11(9)15(16,17)18/h2-4,7-8,10,12H,5-6,19H2,1H3/t10-,12-/m1/s1. The maximum absolute atomic E-state index is 13.1. The Morgan fingerprint density at radius 1 is 1.38 bits per heavy atom. The van der Waals surface area contributed by atoms with Crippen molar-refractivity contribution < 1.29 is 18.0 Å². The van der Waals surface area contributed by atoms with Crippen LogP contribution in [-0.2, 0) is 13.2 Å². The average Bonchev–Trinajstić information content (AvgIpc) is 3.11. The van der Waals surface area contributed by atoms with E-state index in [0.29, 0.717) is 6.20 Å². The number of carbonyl (C=O) groups is 1. The van der Waals surface area contributed by atoms with E-state index in [1.165, 1.54) is 11.1 Å². The number of amides is 1. The number of imidazole rings is 1. The summed E-state index contributed by atoms with van der Waals surface area (Å²) in [5, 5.41) is 0. The number of carbonyl (C=O) groups excluding carboxylic acids is 1. The second-order valence-electron chi connectivity index (χ2n) is 5.86. The first-order valence-corrected chi connectivity index (χ1v) is 7.31. The zero-order chi connectivity index (χ0) is 17.5. The average molecular weight is 339 g/mol. The van der Waals surface area contributed by atoms with Crippen LogP contribution in [0.25, 0.3) is 0 Å². The van der Waals surface area contributed by atoms with E-state index >= 15 is 0 Å². The van der Waals surface area contributed by atoms with Crippen molar-refractivity contribution in [2.75, 3.05) is 13.1 Å². The van der Waals surface area contributed by atoms with E-state index in [1.54, 1.807) is 17.1 Å². The molecule has 3 rings (SSSR count). The van der Waals surface area contributed by atoms with Crippen molar-refractivity contribution in [1.82, 2.24) is 19.4 Å². The molecular weight excluding hydrogens is 323 g/mol. The molecule has 2 aromatic heterocycles. The second kappa shape index (κ2) is 5.90. The Labute approximate surface area is 136 Å². The van der Waals surface area contributed by atoms with Gasteiger partial charge in [-0.2, -0.15) is 13.2 Å². The fourth-order valence-electron chi connectivity index (χ4n) is 2.91. The first kappa shape index (κ1) is 16.4. The van der Waals surface area contributed by atoms with Crippen LogP contribution < -0.4 is 5.73 Å². The molecule has 24 heavy (non-hydrogen) atoms. The number of hydrogen-bond acceptors (Lipinski definition) is 4. The van der Waals surface area contributed by atoms with Gasteiger partial charge in [-0.1, -0.05) is 0 Å². The lowest BCUT2D eigenvalue weighted by Gasteiger charge is -2.19. The summed E-state index contributed by atoms with van der Waals surface area (Å²) in [6.45, 7) is 0.413. The van der Waals surface area contributed by atoms with Gasteiger partial charge in [-0.3, -0.25) is 9.78 Å². The largest absolute Gasteiger partial charge is 0.418 e. The number of nitrogens with zero attached hydrogens (tertiary/aromatic N) is 4. The maximum atomic E-state index is 13.1. The van der Waals surface area contributed by atoms with E-state index in [9.17, 15) is 18.0 Å². The number of rotatable bonds is 2. The van der Waals surface area contributed by atoms with E-state index in [2.05, 4.69) is 9.97 Å². The predicted octanol–water partition coefficient (Wildman–Crippen LogP) is 1.40. The number of aryl methyl sites for hydroxylation is 1. The van der Waals surface area contributed by atoms with Crippen molar-refractivity contribution in [2.24, 2.45) is 12.8 Å². The minimum atomic E-state index is -4.64. The zero-order valence-electron chi connectivity index (χ0n) is 12.9. The van der Waals surface area contributed by atoms with Crippen LogP contribution in [0.4, 0.5) is 13.2 Å². The van der Waals surface area contributed by atoms with Gasteiger partial charge in [0, 0.05) is 50.7 Å². The summed E-state index contributed by atoms with van der Waals surface area (Å²) in [7, 11) is 1.81. The minimum absolute atomic E-state index is 0.180. The molecule has 0 saturated carbocycles. The second-order valence-corrected chi connectivity index (χ2v) is 5.86. The van der Waals surface area contributed by atoms with Crippen molar-refractivity contribution in [2.45, 2.75) is 18.1 Å². The van der Waals surface area contributed by atoms with E-state index in [4.69, 9.17) is 5.73 Å². The lowest BCUT2D eigenvalue weighted by molar-refractivity contribution is -0.138. The molecule has 0 bridgehead atoms. The first-order chi connectivity index (χ1) is 11.3. The molecule has 1 aliphatic heterocycles. The number of halogens is 3. The van der Waals surface area contributed by atoms with E-state index in [-0.39, 0.29) is 25.0 Å². The van der Waals surface area contributed by atoms with Crippen LogP contribution in [0.3, 0.4) is 0 Å². The molecule has 2 N–H and O–H groups in total. The van der Waals surface area contributed by atoms with Gasteiger partial charge in [-0.25, -0.2) is 4.98 Å². The number of aromatic nitrogens is 3. The minimum Gasteiger partial charge on any atom is -0.340 e. The molecule has 0 spiro atoms. The van der Waals surface area contributed by atoms with E-state index < -0.39 is 23.2 Å². The normalized spacial score (nSPS) is 21.3. The molecular formula is C15H16F3N5O. The molecule has 6 nitrogen and oxygen atoms in total. The summed E-state index contributed by atoms with van der Waals surface area (Å²) in [4.78, 5) is 21.6. The van der Waals surface area contributed by atoms with Crippen LogP contribution in [0, 0.1) is 0 Å². The van der Waals surface area contributed by atoms with Crippen molar-refractivity contribution >= 4 is 5.91 Å². The fraction of sp³-hybridized carbons (Fsp3) is 0.400. The Balaban J connectivity index is 1.85. The fourth-order valence-corrected chi connectivity index (χ4v) is 2.91. The molecule has 3 heterocycles. The highest BCUT2D eigenvalue weighted by molar-refractivity contribution is 5.96. The van der Waals surface area contributed by atoms with Gasteiger partial charge in [-0.05, 0) is 6.07 Å². The third-order valence-corrected chi connectivity index (χ3v) is 4.11. The van der Waals surface area contributed by atoms with Gasteiger partial charge in [-0.15, -0.1) is 0 Å².